The molecule has 5 heteroatoms. The second-order valence-corrected chi connectivity index (χ2v) is 3.05. The fourth-order valence-electron chi connectivity index (χ4n) is 0.888. The monoisotopic (exact) mass is 193 g/mol. The molecule has 0 aromatic carbocycles. The van der Waals surface area contributed by atoms with Crippen molar-refractivity contribution in [3.8, 4) is 0 Å². The summed E-state index contributed by atoms with van der Waals surface area (Å²) in [5.41, 5.74) is 0. The predicted molar refractivity (Wildman–Crippen MR) is 55.8 cm³/mol. The van der Waals surface area contributed by atoms with E-state index in [2.05, 4.69) is 26.9 Å². The van der Waals surface area contributed by atoms with Gasteiger partial charge in [-0.05, 0) is 20.8 Å². The first-order valence-electron chi connectivity index (χ1n) is 4.55. The lowest BCUT2D eigenvalue weighted by molar-refractivity contribution is 0.551. The second-order valence-electron chi connectivity index (χ2n) is 3.05. The second kappa shape index (κ2) is 4.64. The number of aryl methyl sites for hydroxylation is 2. The van der Waals surface area contributed by atoms with Crippen LogP contribution in [0.5, 0.6) is 0 Å². The minimum atomic E-state index is 0.468. The Morgan fingerprint density at radius 3 is 2.29 bits per heavy atom. The molecule has 14 heavy (non-hydrogen) atoms. The predicted octanol–water partition coefficient (Wildman–Crippen LogP) is 1.10. The summed E-state index contributed by atoms with van der Waals surface area (Å²) in [5, 5.41) is 0. The lowest BCUT2D eigenvalue weighted by atomic mass is 10.6. The van der Waals surface area contributed by atoms with Crippen LogP contribution in [0.15, 0.2) is 4.99 Å². The maximum Gasteiger partial charge on any atom is 0.254 e. The van der Waals surface area contributed by atoms with Gasteiger partial charge in [-0.15, -0.1) is 0 Å². The first kappa shape index (κ1) is 10.6. The summed E-state index contributed by atoms with van der Waals surface area (Å²) in [4.78, 5) is 18.3. The van der Waals surface area contributed by atoms with E-state index in [1.54, 1.807) is 6.34 Å². The molecule has 0 saturated carbocycles. The quantitative estimate of drug-likeness (QED) is 0.533. The highest BCUT2D eigenvalue weighted by atomic mass is 15.2. The summed E-state index contributed by atoms with van der Waals surface area (Å²) in [6.07, 6.45) is 1.72. The summed E-state index contributed by atoms with van der Waals surface area (Å²) < 4.78 is 0. The van der Waals surface area contributed by atoms with E-state index in [1.807, 2.05) is 25.8 Å². The van der Waals surface area contributed by atoms with Crippen LogP contribution in [0.25, 0.3) is 0 Å². The third-order valence-electron chi connectivity index (χ3n) is 1.72. The van der Waals surface area contributed by atoms with Gasteiger partial charge in [0.25, 0.3) is 5.95 Å². The maximum atomic E-state index is 4.14. The molecule has 1 aromatic rings. The average molecular weight is 193 g/mol. The highest BCUT2D eigenvalue weighted by Gasteiger charge is 1.97. The molecule has 0 amide bonds. The number of aliphatic imine (C=N–C) groups is 1. The van der Waals surface area contributed by atoms with E-state index in [0.29, 0.717) is 17.6 Å². The van der Waals surface area contributed by atoms with Crippen LogP contribution in [0.1, 0.15) is 18.6 Å². The van der Waals surface area contributed by atoms with Crippen LogP contribution in [0.2, 0.25) is 0 Å². The smallest absolute Gasteiger partial charge is 0.254 e. The van der Waals surface area contributed by atoms with Gasteiger partial charge in [-0.2, -0.15) is 9.97 Å². The molecule has 1 aromatic heterocycles. The van der Waals surface area contributed by atoms with Gasteiger partial charge in [0, 0.05) is 13.6 Å². The molecule has 0 saturated heterocycles. The summed E-state index contributed by atoms with van der Waals surface area (Å²) in [6.45, 7) is 6.62. The van der Waals surface area contributed by atoms with Crippen molar-refractivity contribution >= 4 is 12.3 Å². The van der Waals surface area contributed by atoms with E-state index < -0.39 is 0 Å². The molecule has 1 rings (SSSR count). The van der Waals surface area contributed by atoms with E-state index >= 15 is 0 Å². The Balaban J connectivity index is 2.81. The molecule has 0 aliphatic carbocycles. The van der Waals surface area contributed by atoms with Crippen LogP contribution < -0.4 is 0 Å². The lowest BCUT2D eigenvalue weighted by Crippen LogP contribution is -2.14. The van der Waals surface area contributed by atoms with Gasteiger partial charge in [-0.25, -0.2) is 9.98 Å². The van der Waals surface area contributed by atoms with Crippen LogP contribution >= 0.6 is 0 Å². The van der Waals surface area contributed by atoms with Crippen molar-refractivity contribution in [2.75, 3.05) is 13.6 Å². The molecule has 0 atom stereocenters. The minimum absolute atomic E-state index is 0.468. The van der Waals surface area contributed by atoms with Gasteiger partial charge in [0.15, 0.2) is 0 Å². The Bertz CT molecular complexity index is 314. The number of rotatable bonds is 3. The molecule has 0 spiro atoms. The topological polar surface area (TPSA) is 54.3 Å². The van der Waals surface area contributed by atoms with Crippen molar-refractivity contribution in [3.63, 3.8) is 0 Å². The van der Waals surface area contributed by atoms with Crippen molar-refractivity contribution in [3.05, 3.63) is 11.6 Å². The number of hydrogen-bond acceptors (Lipinski definition) is 4. The zero-order valence-electron chi connectivity index (χ0n) is 9.02. The van der Waals surface area contributed by atoms with Gasteiger partial charge >= 0.3 is 0 Å². The van der Waals surface area contributed by atoms with Gasteiger partial charge in [0.05, 0.1) is 6.34 Å². The molecule has 0 aliphatic heterocycles. The Hall–Kier alpha value is -1.52. The first-order valence-corrected chi connectivity index (χ1v) is 4.55. The molecular weight excluding hydrogens is 178 g/mol. The summed E-state index contributed by atoms with van der Waals surface area (Å²) >= 11 is 0. The van der Waals surface area contributed by atoms with Crippen molar-refractivity contribution in [2.24, 2.45) is 4.99 Å². The summed E-state index contributed by atoms with van der Waals surface area (Å²) in [5.74, 6) is 1.86. The van der Waals surface area contributed by atoms with E-state index in [-0.39, 0.29) is 0 Å². The van der Waals surface area contributed by atoms with E-state index in [4.69, 9.17) is 0 Å². The van der Waals surface area contributed by atoms with Gasteiger partial charge < -0.3 is 4.90 Å². The molecule has 76 valence electrons. The molecule has 0 fully saturated rings. The standard InChI is InChI=1S/C9H15N5/c1-5-14(4)6-10-9-12-7(2)11-8(3)13-9/h6H,5H2,1-4H3. The maximum absolute atomic E-state index is 4.14. The largest absolute Gasteiger partial charge is 0.366 e. The molecule has 0 bridgehead atoms. The third-order valence-corrected chi connectivity index (χ3v) is 1.72. The molecule has 5 nitrogen and oxygen atoms in total. The SMILES string of the molecule is CCN(C)C=Nc1nc(C)nc(C)n1. The number of nitrogens with zero attached hydrogens (tertiary/aromatic N) is 5. The Labute approximate surface area is 83.9 Å². The summed E-state index contributed by atoms with van der Waals surface area (Å²) in [6, 6.07) is 0. The first-order chi connectivity index (χ1) is 6.61. The highest BCUT2D eigenvalue weighted by molar-refractivity contribution is 5.57. The number of aromatic nitrogens is 3. The lowest BCUT2D eigenvalue weighted by Gasteiger charge is -2.07. The van der Waals surface area contributed by atoms with Gasteiger partial charge in [0.1, 0.15) is 11.6 Å². The molecule has 0 N–H and O–H groups in total. The third kappa shape index (κ3) is 3.08. The molecule has 0 unspecified atom stereocenters. The van der Waals surface area contributed by atoms with Crippen LogP contribution in [-0.4, -0.2) is 39.8 Å². The minimum Gasteiger partial charge on any atom is -0.366 e. The Morgan fingerprint density at radius 1 is 1.21 bits per heavy atom. The fraction of sp³-hybridized carbons (Fsp3) is 0.556. The molecule has 1 heterocycles. The molecular formula is C9H15N5. The molecule has 0 radical (unpaired) electrons. The fourth-order valence-corrected chi connectivity index (χ4v) is 0.888. The number of hydrogen-bond donors (Lipinski definition) is 0. The Kier molecular flexibility index (Phi) is 3.50. The zero-order valence-corrected chi connectivity index (χ0v) is 9.02. The van der Waals surface area contributed by atoms with Crippen LogP contribution in [-0.2, 0) is 0 Å². The average Bonchev–Trinajstić information content (AvgIpc) is 2.12. The summed E-state index contributed by atoms with van der Waals surface area (Å²) in [7, 11) is 1.95. The Morgan fingerprint density at radius 2 is 1.79 bits per heavy atom. The van der Waals surface area contributed by atoms with Gasteiger partial charge in [-0.3, -0.25) is 0 Å². The van der Waals surface area contributed by atoms with Gasteiger partial charge in [-0.1, -0.05) is 0 Å². The van der Waals surface area contributed by atoms with Crippen LogP contribution in [0, 0.1) is 13.8 Å². The normalized spacial score (nSPS) is 10.9. The molecule has 0 aliphatic rings. The van der Waals surface area contributed by atoms with Crippen molar-refractivity contribution in [1.29, 1.82) is 0 Å². The van der Waals surface area contributed by atoms with Crippen LogP contribution in [0.3, 0.4) is 0 Å². The van der Waals surface area contributed by atoms with E-state index in [0.717, 1.165) is 6.54 Å². The van der Waals surface area contributed by atoms with Crippen molar-refractivity contribution in [1.82, 2.24) is 19.9 Å². The van der Waals surface area contributed by atoms with Gasteiger partial charge in [0.2, 0.25) is 0 Å². The van der Waals surface area contributed by atoms with Crippen molar-refractivity contribution < 1.29 is 0 Å². The van der Waals surface area contributed by atoms with Crippen molar-refractivity contribution in [2.45, 2.75) is 20.8 Å². The zero-order chi connectivity index (χ0) is 10.6. The van der Waals surface area contributed by atoms with E-state index in [1.165, 1.54) is 0 Å². The highest BCUT2D eigenvalue weighted by Crippen LogP contribution is 2.02. The van der Waals surface area contributed by atoms with E-state index in [9.17, 15) is 0 Å². The van der Waals surface area contributed by atoms with Crippen LogP contribution in [0.4, 0.5) is 5.95 Å².